The highest BCUT2D eigenvalue weighted by atomic mass is 27.0. The summed E-state index contributed by atoms with van der Waals surface area (Å²) in [5.41, 5.74) is 1.48. The van der Waals surface area contributed by atoms with Gasteiger partial charge >= 0.3 is 0 Å². The number of aryl methyl sites for hydroxylation is 1. The Morgan fingerprint density at radius 1 is 1.10 bits per heavy atom. The molecule has 0 amide bonds. The van der Waals surface area contributed by atoms with Crippen LogP contribution in [0.2, 0.25) is 5.28 Å². The monoisotopic (exact) mass is 148 g/mol. The Morgan fingerprint density at radius 2 is 1.80 bits per heavy atom. The van der Waals surface area contributed by atoms with Gasteiger partial charge in [-0.3, -0.25) is 0 Å². The first-order valence-electron chi connectivity index (χ1n) is 3.97. The van der Waals surface area contributed by atoms with Crippen molar-refractivity contribution < 1.29 is 0 Å². The maximum atomic E-state index is 2.21. The van der Waals surface area contributed by atoms with Gasteiger partial charge in [-0.15, -0.1) is 5.28 Å². The van der Waals surface area contributed by atoms with Gasteiger partial charge in [0.1, 0.15) is 0 Å². The van der Waals surface area contributed by atoms with Crippen LogP contribution in [0.15, 0.2) is 30.3 Å². The van der Waals surface area contributed by atoms with Crippen LogP contribution in [0.1, 0.15) is 12.0 Å². The van der Waals surface area contributed by atoms with Gasteiger partial charge in [-0.1, -0.05) is 36.8 Å². The van der Waals surface area contributed by atoms with Crippen LogP contribution in [0.5, 0.6) is 0 Å². The highest BCUT2D eigenvalue weighted by Gasteiger charge is 1.87. The average Bonchev–Trinajstić information content (AvgIpc) is 2.03. The molecular weight excluding hydrogens is 135 g/mol. The fourth-order valence-electron chi connectivity index (χ4n) is 1.03. The summed E-state index contributed by atoms with van der Waals surface area (Å²) in [5.74, 6) is 0. The minimum Gasteiger partial charge on any atom is -0.101 e. The van der Waals surface area contributed by atoms with E-state index in [1.165, 1.54) is 40.0 Å². The summed E-state index contributed by atoms with van der Waals surface area (Å²) >= 11 is 1.35. The Kier molecular flexibility index (Phi) is 3.57. The molecule has 52 valence electrons. The van der Waals surface area contributed by atoms with Crippen LogP contribution in [-0.2, 0) is 6.42 Å². The van der Waals surface area contributed by atoms with Gasteiger partial charge in [0.2, 0.25) is 16.3 Å². The van der Waals surface area contributed by atoms with Crippen molar-refractivity contribution in [2.24, 2.45) is 0 Å². The van der Waals surface area contributed by atoms with Crippen molar-refractivity contribution in [2.45, 2.75) is 18.1 Å². The first-order valence-corrected chi connectivity index (χ1v) is 5.39. The molecule has 0 N–H and O–H groups in total. The molecular formula is C9H13Al. The first-order chi connectivity index (χ1) is 4.93. The van der Waals surface area contributed by atoms with Gasteiger partial charge in [0.05, 0.1) is 0 Å². The molecule has 1 heteroatoms. The van der Waals surface area contributed by atoms with E-state index in [4.69, 9.17) is 0 Å². The molecule has 0 aliphatic rings. The smallest absolute Gasteiger partial charge is 0.101 e. The molecule has 0 atom stereocenters. The van der Waals surface area contributed by atoms with Crippen LogP contribution in [0, 0.1) is 0 Å². The highest BCUT2D eigenvalue weighted by Crippen LogP contribution is 2.02. The third-order valence-electron chi connectivity index (χ3n) is 1.66. The summed E-state index contributed by atoms with van der Waals surface area (Å²) in [4.78, 5) is 0. The molecule has 10 heavy (non-hydrogen) atoms. The van der Waals surface area contributed by atoms with Gasteiger partial charge in [0, 0.05) is 0 Å². The lowest BCUT2D eigenvalue weighted by Gasteiger charge is -1.96. The molecule has 0 aromatic heterocycles. The molecule has 0 saturated carbocycles. The molecule has 0 aliphatic carbocycles. The Bertz CT molecular complexity index is 169. The SMILES string of the molecule is [AlH2][CH2]CCc1ccccc1. The van der Waals surface area contributed by atoms with Crippen molar-refractivity contribution in [3.05, 3.63) is 35.9 Å². The minimum absolute atomic E-state index is 1.27. The second-order valence-corrected chi connectivity index (χ2v) is 3.59. The molecule has 0 radical (unpaired) electrons. The predicted octanol–water partition coefficient (Wildman–Crippen LogP) is 1.67. The van der Waals surface area contributed by atoms with E-state index in [1.54, 1.807) is 0 Å². The number of benzene rings is 1. The van der Waals surface area contributed by atoms with E-state index in [1.807, 2.05) is 0 Å². The quantitative estimate of drug-likeness (QED) is 0.572. The average molecular weight is 148 g/mol. The normalized spacial score (nSPS) is 9.60. The van der Waals surface area contributed by atoms with E-state index in [0.29, 0.717) is 0 Å². The highest BCUT2D eigenvalue weighted by molar-refractivity contribution is 6.08. The van der Waals surface area contributed by atoms with E-state index in [2.05, 4.69) is 30.3 Å². The van der Waals surface area contributed by atoms with Crippen LogP contribution < -0.4 is 0 Å². The second-order valence-electron chi connectivity index (χ2n) is 2.59. The Morgan fingerprint density at radius 3 is 2.40 bits per heavy atom. The molecule has 0 nitrogen and oxygen atoms in total. The second kappa shape index (κ2) is 4.55. The van der Waals surface area contributed by atoms with Crippen molar-refractivity contribution in [3.8, 4) is 0 Å². The molecule has 0 spiro atoms. The molecule has 1 aromatic carbocycles. The maximum Gasteiger partial charge on any atom is 0.211 e. The van der Waals surface area contributed by atoms with E-state index < -0.39 is 0 Å². The van der Waals surface area contributed by atoms with Gasteiger partial charge in [-0.25, -0.2) is 0 Å². The molecule has 1 aromatic rings. The summed E-state index contributed by atoms with van der Waals surface area (Å²) in [5, 5.41) is 1.43. The zero-order valence-corrected chi connectivity index (χ0v) is 8.51. The van der Waals surface area contributed by atoms with E-state index in [-0.39, 0.29) is 0 Å². The third kappa shape index (κ3) is 2.56. The summed E-state index contributed by atoms with van der Waals surface area (Å²) < 4.78 is 0. The summed E-state index contributed by atoms with van der Waals surface area (Å²) in [6, 6.07) is 10.7. The topological polar surface area (TPSA) is 0 Å². The number of hydrogen-bond acceptors (Lipinski definition) is 0. The zero-order chi connectivity index (χ0) is 7.23. The number of hydrogen-bond donors (Lipinski definition) is 0. The van der Waals surface area contributed by atoms with Crippen molar-refractivity contribution in [2.75, 3.05) is 0 Å². The van der Waals surface area contributed by atoms with Crippen molar-refractivity contribution in [1.82, 2.24) is 0 Å². The first kappa shape index (κ1) is 7.86. The third-order valence-corrected chi connectivity index (χ3v) is 2.37. The number of rotatable bonds is 3. The Balaban J connectivity index is 2.43. The van der Waals surface area contributed by atoms with E-state index in [9.17, 15) is 0 Å². The van der Waals surface area contributed by atoms with E-state index >= 15 is 0 Å². The van der Waals surface area contributed by atoms with Gasteiger partial charge in [-0.2, -0.15) is 0 Å². The Hall–Kier alpha value is -0.248. The van der Waals surface area contributed by atoms with Gasteiger partial charge in [0.15, 0.2) is 0 Å². The lowest BCUT2D eigenvalue weighted by molar-refractivity contribution is 0.919. The van der Waals surface area contributed by atoms with E-state index in [0.717, 1.165) is 0 Å². The minimum atomic E-state index is 1.27. The van der Waals surface area contributed by atoms with Crippen LogP contribution in [-0.4, -0.2) is 16.3 Å². The Labute approximate surface area is 70.7 Å². The standard InChI is InChI=1S/C9H11.Al.2H/c1-2-6-9-7-4-3-5-8-9;;;/h3-5,7-8H,1-2,6H2;;;. The van der Waals surface area contributed by atoms with Crippen LogP contribution in [0.4, 0.5) is 0 Å². The van der Waals surface area contributed by atoms with Crippen molar-refractivity contribution in [3.63, 3.8) is 0 Å². The molecule has 0 aliphatic heterocycles. The van der Waals surface area contributed by atoms with Crippen LogP contribution in [0.3, 0.4) is 0 Å². The maximum absolute atomic E-state index is 2.21. The van der Waals surface area contributed by atoms with Crippen LogP contribution in [0.25, 0.3) is 0 Å². The van der Waals surface area contributed by atoms with Gasteiger partial charge < -0.3 is 0 Å². The summed E-state index contributed by atoms with van der Waals surface area (Å²) in [7, 11) is 0. The molecule has 0 bridgehead atoms. The predicted molar refractivity (Wildman–Crippen MR) is 48.1 cm³/mol. The van der Waals surface area contributed by atoms with Crippen molar-refractivity contribution in [1.29, 1.82) is 0 Å². The molecule has 1 rings (SSSR count). The fourth-order valence-corrected chi connectivity index (χ4v) is 1.38. The fraction of sp³-hybridized carbons (Fsp3) is 0.333. The van der Waals surface area contributed by atoms with Crippen molar-refractivity contribution >= 4 is 16.3 Å². The summed E-state index contributed by atoms with van der Waals surface area (Å²) in [6.07, 6.45) is 2.64. The lowest BCUT2D eigenvalue weighted by atomic mass is 10.1. The van der Waals surface area contributed by atoms with Gasteiger partial charge in [-0.05, 0) is 12.0 Å². The molecule has 0 heterocycles. The van der Waals surface area contributed by atoms with Crippen LogP contribution >= 0.6 is 0 Å². The molecule has 0 unspecified atom stereocenters. The largest absolute Gasteiger partial charge is 0.211 e. The molecule has 0 fully saturated rings. The molecule has 0 saturated heterocycles. The summed E-state index contributed by atoms with van der Waals surface area (Å²) in [6.45, 7) is 0. The zero-order valence-electron chi connectivity index (χ0n) is 6.51. The lowest BCUT2D eigenvalue weighted by Crippen LogP contribution is -1.82. The van der Waals surface area contributed by atoms with Gasteiger partial charge in [0.25, 0.3) is 0 Å².